The fourth-order valence-electron chi connectivity index (χ4n) is 2.89. The number of rotatable bonds is 5. The van der Waals surface area contributed by atoms with E-state index in [2.05, 4.69) is 55.5 Å². The van der Waals surface area contributed by atoms with E-state index < -0.39 is 0 Å². The summed E-state index contributed by atoms with van der Waals surface area (Å²) in [5, 5.41) is 2.54. The summed E-state index contributed by atoms with van der Waals surface area (Å²) in [4.78, 5) is 0.700. The zero-order valence-corrected chi connectivity index (χ0v) is 13.5. The van der Waals surface area contributed by atoms with Crippen LogP contribution >= 0.6 is 12.1 Å². The minimum Gasteiger partial charge on any atom is -0.160 e. The Balaban J connectivity index is 1.93. The maximum Gasteiger partial charge on any atom is 0.0812 e. The van der Waals surface area contributed by atoms with Crippen molar-refractivity contribution in [2.75, 3.05) is 0 Å². The first-order chi connectivity index (χ1) is 10.8. The Morgan fingerprint density at radius 1 is 0.864 bits per heavy atom. The van der Waals surface area contributed by atoms with Crippen LogP contribution in [-0.4, -0.2) is 0 Å². The minimum absolute atomic E-state index is 0.326. The smallest absolute Gasteiger partial charge is 0.0812 e. The lowest BCUT2D eigenvalue weighted by Gasteiger charge is -2.11. The molecule has 0 nitrogen and oxygen atoms in total. The van der Waals surface area contributed by atoms with Crippen LogP contribution in [-0.2, 0) is 12.8 Å². The highest BCUT2D eigenvalue weighted by atomic mass is 32.2. The third-order valence-electron chi connectivity index (χ3n) is 3.99. The molecule has 0 spiro atoms. The zero-order valence-electron chi connectivity index (χ0n) is 12.7. The fraction of sp³-hybridized carbons (Fsp3) is 0.200. The van der Waals surface area contributed by atoms with Gasteiger partial charge in [0.25, 0.3) is 0 Å². The van der Waals surface area contributed by atoms with Gasteiger partial charge in [-0.15, -0.1) is 0 Å². The number of benzene rings is 3. The van der Waals surface area contributed by atoms with Gasteiger partial charge in [-0.1, -0.05) is 61.9 Å². The molecule has 0 aliphatic heterocycles. The van der Waals surface area contributed by atoms with Crippen LogP contribution in [0.3, 0.4) is 0 Å². The van der Waals surface area contributed by atoms with Gasteiger partial charge >= 0.3 is 0 Å². The molecule has 0 heterocycles. The monoisotopic (exact) mass is 310 g/mol. The Morgan fingerprint density at radius 3 is 2.45 bits per heavy atom. The third kappa shape index (κ3) is 3.33. The van der Waals surface area contributed by atoms with E-state index in [4.69, 9.17) is 0 Å². The molecule has 3 rings (SSSR count). The third-order valence-corrected chi connectivity index (χ3v) is 4.43. The van der Waals surface area contributed by atoms with Crippen LogP contribution in [0.1, 0.15) is 30.0 Å². The van der Waals surface area contributed by atoms with Crippen LogP contribution in [0, 0.1) is 0 Å². The summed E-state index contributed by atoms with van der Waals surface area (Å²) in [6.07, 6.45) is 2.97. The van der Waals surface area contributed by atoms with Gasteiger partial charge < -0.3 is 0 Å². The van der Waals surface area contributed by atoms with Gasteiger partial charge in [-0.25, -0.2) is 0 Å². The van der Waals surface area contributed by atoms with E-state index in [1.165, 1.54) is 27.5 Å². The first-order valence-electron chi connectivity index (χ1n) is 7.68. The van der Waals surface area contributed by atoms with Crippen LogP contribution in [0.15, 0.2) is 65.6 Å². The summed E-state index contributed by atoms with van der Waals surface area (Å²) < 4.78 is 12.8. The Kier molecular flexibility index (Phi) is 4.79. The first-order valence-corrected chi connectivity index (χ1v) is 8.40. The van der Waals surface area contributed by atoms with Crippen molar-refractivity contribution in [1.29, 1.82) is 0 Å². The molecule has 0 N–H and O–H groups in total. The van der Waals surface area contributed by atoms with Crippen LogP contribution in [0.25, 0.3) is 10.8 Å². The van der Waals surface area contributed by atoms with Gasteiger partial charge in [-0.05, 0) is 52.4 Å². The zero-order chi connectivity index (χ0) is 15.4. The van der Waals surface area contributed by atoms with Crippen LogP contribution in [0.5, 0.6) is 0 Å². The molecule has 22 heavy (non-hydrogen) atoms. The summed E-state index contributed by atoms with van der Waals surface area (Å²) in [6, 6.07) is 21.0. The van der Waals surface area contributed by atoms with E-state index in [0.29, 0.717) is 17.0 Å². The first kappa shape index (κ1) is 15.1. The fourth-order valence-corrected chi connectivity index (χ4v) is 3.20. The van der Waals surface area contributed by atoms with Crippen LogP contribution in [0.2, 0.25) is 0 Å². The molecular formula is C20H19FS. The lowest BCUT2D eigenvalue weighted by Crippen LogP contribution is -1.96. The molecule has 0 aromatic heterocycles. The predicted molar refractivity (Wildman–Crippen MR) is 94.2 cm³/mol. The molecule has 0 aliphatic carbocycles. The van der Waals surface area contributed by atoms with Gasteiger partial charge in [-0.2, -0.15) is 3.89 Å². The second kappa shape index (κ2) is 6.97. The van der Waals surface area contributed by atoms with Crippen LogP contribution in [0.4, 0.5) is 3.89 Å². The molecule has 0 bridgehead atoms. The number of fused-ring (bicyclic) bond motifs is 1. The largest absolute Gasteiger partial charge is 0.160 e. The Labute approximate surface area is 135 Å². The highest BCUT2D eigenvalue weighted by Crippen LogP contribution is 2.26. The average Bonchev–Trinajstić information content (AvgIpc) is 2.56. The molecule has 0 fully saturated rings. The molecule has 0 amide bonds. The molecule has 3 aromatic rings. The molecule has 0 radical (unpaired) electrons. The average molecular weight is 310 g/mol. The van der Waals surface area contributed by atoms with Gasteiger partial charge in [0.15, 0.2) is 0 Å². The Bertz CT molecular complexity index is 780. The predicted octanol–water partition coefficient (Wildman–Crippen LogP) is 6.36. The minimum atomic E-state index is 0.326. The van der Waals surface area contributed by atoms with Crippen molar-refractivity contribution in [2.45, 2.75) is 31.1 Å². The molecule has 0 saturated carbocycles. The molecule has 0 unspecified atom stereocenters. The van der Waals surface area contributed by atoms with E-state index in [1.807, 2.05) is 12.1 Å². The SMILES string of the molecule is CCCc1cc(SF)ccc1Cc1ccc2ccccc2c1. The van der Waals surface area contributed by atoms with Gasteiger partial charge in [-0.3, -0.25) is 0 Å². The summed E-state index contributed by atoms with van der Waals surface area (Å²) in [7, 11) is 0. The van der Waals surface area contributed by atoms with Crippen molar-refractivity contribution in [3.8, 4) is 0 Å². The van der Waals surface area contributed by atoms with Crippen molar-refractivity contribution in [3.63, 3.8) is 0 Å². The maximum absolute atomic E-state index is 12.8. The molecular weight excluding hydrogens is 291 g/mol. The van der Waals surface area contributed by atoms with Crippen molar-refractivity contribution < 1.29 is 3.89 Å². The van der Waals surface area contributed by atoms with Gasteiger partial charge in [0.2, 0.25) is 0 Å². The standard InChI is InChI=1S/C20H19FS/c1-2-5-17-14-20(22-21)11-10-19(17)13-15-8-9-16-6-3-4-7-18(16)12-15/h3-4,6-12,14H,2,5,13H2,1H3. The summed E-state index contributed by atoms with van der Waals surface area (Å²) in [5.74, 6) is 0. The lowest BCUT2D eigenvalue weighted by molar-refractivity contribution is 0.894. The highest BCUT2D eigenvalue weighted by Gasteiger charge is 2.06. The van der Waals surface area contributed by atoms with E-state index in [1.54, 1.807) is 0 Å². The second-order valence-corrected chi connectivity index (χ2v) is 6.24. The van der Waals surface area contributed by atoms with Crippen molar-refractivity contribution in [2.24, 2.45) is 0 Å². The Morgan fingerprint density at radius 2 is 1.68 bits per heavy atom. The molecule has 3 aromatic carbocycles. The van der Waals surface area contributed by atoms with E-state index in [-0.39, 0.29) is 0 Å². The highest BCUT2D eigenvalue weighted by molar-refractivity contribution is 7.94. The second-order valence-electron chi connectivity index (χ2n) is 5.62. The lowest BCUT2D eigenvalue weighted by atomic mass is 9.96. The molecule has 2 heteroatoms. The summed E-state index contributed by atoms with van der Waals surface area (Å²) >= 11 is 0.326. The van der Waals surface area contributed by atoms with Gasteiger partial charge in [0.1, 0.15) is 0 Å². The quantitative estimate of drug-likeness (QED) is 0.528. The van der Waals surface area contributed by atoms with E-state index in [9.17, 15) is 3.89 Å². The maximum atomic E-state index is 12.8. The normalized spacial score (nSPS) is 11.0. The molecule has 0 aliphatic rings. The van der Waals surface area contributed by atoms with Crippen molar-refractivity contribution in [3.05, 3.63) is 77.4 Å². The molecule has 112 valence electrons. The summed E-state index contributed by atoms with van der Waals surface area (Å²) in [6.45, 7) is 2.16. The van der Waals surface area contributed by atoms with E-state index in [0.717, 1.165) is 19.3 Å². The van der Waals surface area contributed by atoms with Crippen molar-refractivity contribution >= 4 is 22.9 Å². The summed E-state index contributed by atoms with van der Waals surface area (Å²) in [5.41, 5.74) is 3.87. The van der Waals surface area contributed by atoms with Gasteiger partial charge in [0.05, 0.1) is 12.1 Å². The van der Waals surface area contributed by atoms with Gasteiger partial charge in [0, 0.05) is 4.90 Å². The number of halogens is 1. The molecule has 0 atom stereocenters. The number of aryl methyl sites for hydroxylation is 1. The molecule has 0 saturated heterocycles. The number of hydrogen-bond donors (Lipinski definition) is 0. The van der Waals surface area contributed by atoms with E-state index >= 15 is 0 Å². The van der Waals surface area contributed by atoms with Crippen molar-refractivity contribution in [1.82, 2.24) is 0 Å². The number of hydrogen-bond acceptors (Lipinski definition) is 1. The topological polar surface area (TPSA) is 0 Å². The Hall–Kier alpha value is -1.80. The van der Waals surface area contributed by atoms with Crippen LogP contribution < -0.4 is 0 Å².